The smallest absolute Gasteiger partial charge is 0.209 e. The first kappa shape index (κ1) is 17.1. The monoisotopic (exact) mass is 368 g/mol. The molecule has 0 N–H and O–H groups in total. The quantitative estimate of drug-likeness (QED) is 0.589. The minimum atomic E-state index is 0.214. The molecule has 0 saturated carbocycles. The zero-order valence-electron chi connectivity index (χ0n) is 14.3. The molecule has 1 aliphatic rings. The van der Waals surface area contributed by atoms with Gasteiger partial charge in [0.1, 0.15) is 11.5 Å². The number of hydrogen-bond acceptors (Lipinski definition) is 6. The van der Waals surface area contributed by atoms with E-state index < -0.39 is 0 Å². The molecular weight excluding hydrogens is 348 g/mol. The second kappa shape index (κ2) is 8.33. The van der Waals surface area contributed by atoms with Crippen molar-refractivity contribution in [3.8, 4) is 11.5 Å². The maximum Gasteiger partial charge on any atom is 0.209 e. The van der Waals surface area contributed by atoms with Gasteiger partial charge in [-0.05, 0) is 41.5 Å². The van der Waals surface area contributed by atoms with Crippen molar-refractivity contribution in [1.29, 1.82) is 0 Å². The van der Waals surface area contributed by atoms with Crippen molar-refractivity contribution in [2.24, 2.45) is 0 Å². The molecule has 0 amide bonds. The van der Waals surface area contributed by atoms with Gasteiger partial charge >= 0.3 is 0 Å². The van der Waals surface area contributed by atoms with Crippen LogP contribution in [0.15, 0.2) is 59.8 Å². The van der Waals surface area contributed by atoms with Gasteiger partial charge in [0.25, 0.3) is 0 Å². The Morgan fingerprint density at radius 3 is 2.81 bits per heavy atom. The number of benzene rings is 2. The lowest BCUT2D eigenvalue weighted by molar-refractivity contribution is 0.0912. The summed E-state index contributed by atoms with van der Waals surface area (Å²) in [7, 11) is 0. The van der Waals surface area contributed by atoms with Crippen LogP contribution in [0.25, 0.3) is 0 Å². The molecule has 1 aromatic heterocycles. The normalized spacial score (nSPS) is 16.7. The van der Waals surface area contributed by atoms with Gasteiger partial charge in [0.15, 0.2) is 0 Å². The Morgan fingerprint density at radius 1 is 1.12 bits per heavy atom. The van der Waals surface area contributed by atoms with Crippen molar-refractivity contribution >= 4 is 11.8 Å². The van der Waals surface area contributed by atoms with Crippen molar-refractivity contribution in [2.75, 3.05) is 6.61 Å². The minimum absolute atomic E-state index is 0.214. The third kappa shape index (κ3) is 4.23. The van der Waals surface area contributed by atoms with Gasteiger partial charge in [-0.3, -0.25) is 0 Å². The summed E-state index contributed by atoms with van der Waals surface area (Å²) in [5.41, 5.74) is 1.10. The molecule has 134 valence electrons. The summed E-state index contributed by atoms with van der Waals surface area (Å²) >= 11 is 1.61. The SMILES string of the molecule is c1ccc(Oc2ccccc2CSc2nnnn2C[C@H]2CCCO2)cc1. The Kier molecular flexibility index (Phi) is 5.47. The molecule has 7 heteroatoms. The van der Waals surface area contributed by atoms with E-state index in [9.17, 15) is 0 Å². The molecule has 1 saturated heterocycles. The van der Waals surface area contributed by atoms with Crippen molar-refractivity contribution in [3.05, 3.63) is 60.2 Å². The van der Waals surface area contributed by atoms with E-state index in [0.29, 0.717) is 6.54 Å². The molecule has 26 heavy (non-hydrogen) atoms. The number of tetrazole rings is 1. The van der Waals surface area contributed by atoms with Crippen LogP contribution in [0.2, 0.25) is 0 Å². The summed E-state index contributed by atoms with van der Waals surface area (Å²) in [4.78, 5) is 0. The number of thioether (sulfide) groups is 1. The lowest BCUT2D eigenvalue weighted by Gasteiger charge is -2.12. The van der Waals surface area contributed by atoms with E-state index in [4.69, 9.17) is 9.47 Å². The van der Waals surface area contributed by atoms with E-state index in [1.807, 2.05) is 53.2 Å². The Hall–Kier alpha value is -2.38. The first-order chi connectivity index (χ1) is 12.9. The van der Waals surface area contributed by atoms with Gasteiger partial charge in [0.2, 0.25) is 5.16 Å². The number of aromatic nitrogens is 4. The molecule has 0 bridgehead atoms. The molecule has 4 rings (SSSR count). The third-order valence-corrected chi connectivity index (χ3v) is 5.21. The Labute approximate surface area is 156 Å². The van der Waals surface area contributed by atoms with Gasteiger partial charge in [0.05, 0.1) is 12.6 Å². The van der Waals surface area contributed by atoms with Crippen molar-refractivity contribution in [3.63, 3.8) is 0 Å². The molecule has 2 aromatic carbocycles. The van der Waals surface area contributed by atoms with Gasteiger partial charge in [-0.25, -0.2) is 4.68 Å². The highest BCUT2D eigenvalue weighted by Gasteiger charge is 2.19. The minimum Gasteiger partial charge on any atom is -0.457 e. The number of ether oxygens (including phenoxy) is 2. The molecule has 6 nitrogen and oxygen atoms in total. The maximum atomic E-state index is 6.03. The highest BCUT2D eigenvalue weighted by molar-refractivity contribution is 7.98. The lowest BCUT2D eigenvalue weighted by atomic mass is 10.2. The van der Waals surface area contributed by atoms with Crippen molar-refractivity contribution in [2.45, 2.75) is 36.4 Å². The predicted octanol–water partition coefficient (Wildman–Crippen LogP) is 3.94. The van der Waals surface area contributed by atoms with Crippen LogP contribution in [-0.4, -0.2) is 32.9 Å². The molecule has 1 fully saturated rings. The number of nitrogens with zero attached hydrogens (tertiary/aromatic N) is 4. The first-order valence-electron chi connectivity index (χ1n) is 8.70. The second-order valence-corrected chi connectivity index (χ2v) is 7.03. The van der Waals surface area contributed by atoms with Crippen LogP contribution in [0.4, 0.5) is 0 Å². The van der Waals surface area contributed by atoms with E-state index in [2.05, 4.69) is 21.6 Å². The van der Waals surface area contributed by atoms with E-state index in [1.54, 1.807) is 11.8 Å². The second-order valence-electron chi connectivity index (χ2n) is 6.09. The van der Waals surface area contributed by atoms with Gasteiger partial charge in [-0.15, -0.1) is 5.10 Å². The number of para-hydroxylation sites is 2. The average Bonchev–Trinajstić information content (AvgIpc) is 3.34. The number of rotatable bonds is 7. The van der Waals surface area contributed by atoms with Crippen LogP contribution in [0.1, 0.15) is 18.4 Å². The largest absolute Gasteiger partial charge is 0.457 e. The highest BCUT2D eigenvalue weighted by Crippen LogP contribution is 2.30. The summed E-state index contributed by atoms with van der Waals surface area (Å²) in [5, 5.41) is 12.9. The molecule has 1 atom stereocenters. The lowest BCUT2D eigenvalue weighted by Crippen LogP contribution is -2.16. The van der Waals surface area contributed by atoms with Gasteiger partial charge in [0, 0.05) is 17.9 Å². The molecule has 0 radical (unpaired) electrons. The van der Waals surface area contributed by atoms with Crippen LogP contribution in [-0.2, 0) is 17.0 Å². The van der Waals surface area contributed by atoms with Crippen molar-refractivity contribution < 1.29 is 9.47 Å². The fourth-order valence-electron chi connectivity index (χ4n) is 2.88. The summed E-state index contributed by atoms with van der Waals surface area (Å²) in [6, 6.07) is 17.9. The summed E-state index contributed by atoms with van der Waals surface area (Å²) in [6.45, 7) is 1.54. The van der Waals surface area contributed by atoms with E-state index in [1.165, 1.54) is 0 Å². The average molecular weight is 368 g/mol. The summed E-state index contributed by atoms with van der Waals surface area (Å²) in [5.74, 6) is 2.41. The van der Waals surface area contributed by atoms with E-state index in [0.717, 1.165) is 47.4 Å². The molecule has 0 aliphatic carbocycles. The molecular formula is C19H20N4O2S. The van der Waals surface area contributed by atoms with E-state index in [-0.39, 0.29) is 6.10 Å². The summed E-state index contributed by atoms with van der Waals surface area (Å²) < 4.78 is 13.5. The predicted molar refractivity (Wildman–Crippen MR) is 99.3 cm³/mol. The molecule has 0 unspecified atom stereocenters. The Morgan fingerprint density at radius 2 is 1.96 bits per heavy atom. The Balaban J connectivity index is 1.43. The van der Waals surface area contributed by atoms with E-state index >= 15 is 0 Å². The van der Waals surface area contributed by atoms with Gasteiger partial charge in [-0.2, -0.15) is 0 Å². The molecule has 0 spiro atoms. The van der Waals surface area contributed by atoms with Crippen LogP contribution in [0.5, 0.6) is 11.5 Å². The summed E-state index contributed by atoms with van der Waals surface area (Å²) in [6.07, 6.45) is 2.39. The van der Waals surface area contributed by atoms with Crippen LogP contribution >= 0.6 is 11.8 Å². The third-order valence-electron chi connectivity index (χ3n) is 4.20. The van der Waals surface area contributed by atoms with Gasteiger partial charge in [-0.1, -0.05) is 48.2 Å². The van der Waals surface area contributed by atoms with Crippen LogP contribution in [0.3, 0.4) is 0 Å². The maximum absolute atomic E-state index is 6.03. The zero-order valence-corrected chi connectivity index (χ0v) is 15.1. The Bertz CT molecular complexity index is 834. The fraction of sp³-hybridized carbons (Fsp3) is 0.316. The van der Waals surface area contributed by atoms with Crippen LogP contribution < -0.4 is 4.74 Å². The number of hydrogen-bond donors (Lipinski definition) is 0. The standard InChI is InChI=1S/C19H20N4O2S/c1-2-8-16(9-3-1)25-18-11-5-4-7-15(18)14-26-19-20-21-22-23(19)13-17-10-6-12-24-17/h1-5,7-9,11,17H,6,10,12-14H2/t17-/m1/s1. The molecule has 2 heterocycles. The molecule has 1 aliphatic heterocycles. The molecule has 3 aromatic rings. The van der Waals surface area contributed by atoms with Gasteiger partial charge < -0.3 is 9.47 Å². The van der Waals surface area contributed by atoms with Crippen LogP contribution in [0, 0.1) is 0 Å². The van der Waals surface area contributed by atoms with Crippen molar-refractivity contribution in [1.82, 2.24) is 20.2 Å². The fourth-order valence-corrected chi connectivity index (χ4v) is 3.75. The topological polar surface area (TPSA) is 62.1 Å². The highest BCUT2D eigenvalue weighted by atomic mass is 32.2. The first-order valence-corrected chi connectivity index (χ1v) is 9.68. The zero-order chi connectivity index (χ0) is 17.6.